The summed E-state index contributed by atoms with van der Waals surface area (Å²) in [5, 5.41) is 9.92. The van der Waals surface area contributed by atoms with Crippen molar-refractivity contribution >= 4 is 17.5 Å². The van der Waals surface area contributed by atoms with Crippen LogP contribution in [0.2, 0.25) is 0 Å². The first-order valence-electron chi connectivity index (χ1n) is 6.57. The number of aromatic amines is 1. The molecule has 0 radical (unpaired) electrons. The Labute approximate surface area is 112 Å². The summed E-state index contributed by atoms with van der Waals surface area (Å²) in [6.45, 7) is 3.16. The third-order valence-electron chi connectivity index (χ3n) is 3.26. The van der Waals surface area contributed by atoms with Crippen LogP contribution in [0.25, 0.3) is 0 Å². The minimum absolute atomic E-state index is 0.690. The molecule has 0 amide bonds. The van der Waals surface area contributed by atoms with Gasteiger partial charge in [-0.15, -0.1) is 0 Å². The fourth-order valence-electron chi connectivity index (χ4n) is 2.21. The number of nitrogens with one attached hydrogen (secondary N) is 4. The van der Waals surface area contributed by atoms with Crippen molar-refractivity contribution in [2.45, 2.75) is 6.42 Å². The van der Waals surface area contributed by atoms with Gasteiger partial charge in [-0.2, -0.15) is 0 Å². The Morgan fingerprint density at radius 3 is 3.05 bits per heavy atom. The number of nitrogens with zero attached hydrogens (tertiary/aromatic N) is 2. The molecule has 1 aliphatic rings. The van der Waals surface area contributed by atoms with Crippen LogP contribution in [0.1, 0.15) is 6.42 Å². The zero-order valence-corrected chi connectivity index (χ0v) is 10.7. The predicted molar refractivity (Wildman–Crippen MR) is 75.6 cm³/mol. The van der Waals surface area contributed by atoms with E-state index in [0.717, 1.165) is 37.1 Å². The molecule has 1 aliphatic heterocycles. The molecule has 3 heterocycles. The summed E-state index contributed by atoms with van der Waals surface area (Å²) < 4.78 is 0. The first kappa shape index (κ1) is 12.0. The van der Waals surface area contributed by atoms with Crippen molar-refractivity contribution in [2.75, 3.05) is 30.3 Å². The largest absolute Gasteiger partial charge is 0.370 e. The van der Waals surface area contributed by atoms with Crippen LogP contribution in [-0.4, -0.2) is 34.6 Å². The van der Waals surface area contributed by atoms with Crippen molar-refractivity contribution in [3.05, 3.63) is 30.7 Å². The topological polar surface area (TPSA) is 77.7 Å². The third kappa shape index (κ3) is 3.23. The number of hydrogen-bond acceptors (Lipinski definition) is 5. The van der Waals surface area contributed by atoms with Crippen molar-refractivity contribution in [3.63, 3.8) is 0 Å². The van der Waals surface area contributed by atoms with Crippen molar-refractivity contribution in [1.82, 2.24) is 20.3 Å². The second-order valence-electron chi connectivity index (χ2n) is 4.74. The van der Waals surface area contributed by atoms with E-state index in [-0.39, 0.29) is 0 Å². The van der Waals surface area contributed by atoms with E-state index < -0.39 is 0 Å². The first-order chi connectivity index (χ1) is 9.40. The molecule has 6 nitrogen and oxygen atoms in total. The van der Waals surface area contributed by atoms with E-state index in [9.17, 15) is 0 Å². The lowest BCUT2D eigenvalue weighted by atomic mass is 10.1. The van der Waals surface area contributed by atoms with Crippen molar-refractivity contribution in [3.8, 4) is 0 Å². The van der Waals surface area contributed by atoms with E-state index in [2.05, 4.69) is 30.9 Å². The maximum atomic E-state index is 4.24. The minimum Gasteiger partial charge on any atom is -0.370 e. The molecule has 0 bridgehead atoms. The van der Waals surface area contributed by atoms with E-state index in [4.69, 9.17) is 0 Å². The first-order valence-corrected chi connectivity index (χ1v) is 6.57. The lowest BCUT2D eigenvalue weighted by Crippen LogP contribution is -2.17. The van der Waals surface area contributed by atoms with Gasteiger partial charge in [0.2, 0.25) is 0 Å². The Morgan fingerprint density at radius 2 is 2.26 bits per heavy atom. The molecule has 100 valence electrons. The Kier molecular flexibility index (Phi) is 3.60. The fourth-order valence-corrected chi connectivity index (χ4v) is 2.21. The van der Waals surface area contributed by atoms with Crippen LogP contribution >= 0.6 is 0 Å². The van der Waals surface area contributed by atoms with Gasteiger partial charge in [0.05, 0.1) is 0 Å². The zero-order valence-electron chi connectivity index (χ0n) is 10.7. The van der Waals surface area contributed by atoms with Crippen LogP contribution in [0.5, 0.6) is 0 Å². The van der Waals surface area contributed by atoms with Crippen molar-refractivity contribution in [1.29, 1.82) is 0 Å². The molecule has 3 rings (SSSR count). The van der Waals surface area contributed by atoms with E-state index in [0.29, 0.717) is 5.92 Å². The standard InChI is InChI=1S/C13H18N6/c1-2-11(15-4-1)19-13-6-12(17-9-18-13)16-8-10-3-5-14-7-10/h1-2,4,6,9-10,14-15H,3,5,7-8H2,(H2,16,17,18,19). The summed E-state index contributed by atoms with van der Waals surface area (Å²) in [4.78, 5) is 11.5. The van der Waals surface area contributed by atoms with Gasteiger partial charge in [0, 0.05) is 18.8 Å². The van der Waals surface area contributed by atoms with Gasteiger partial charge in [-0.25, -0.2) is 9.97 Å². The molecule has 4 N–H and O–H groups in total. The molecule has 0 saturated carbocycles. The molecule has 1 fully saturated rings. The second-order valence-corrected chi connectivity index (χ2v) is 4.74. The maximum Gasteiger partial charge on any atom is 0.136 e. The van der Waals surface area contributed by atoms with Gasteiger partial charge in [0.1, 0.15) is 23.8 Å². The van der Waals surface area contributed by atoms with Crippen molar-refractivity contribution in [2.24, 2.45) is 5.92 Å². The van der Waals surface area contributed by atoms with Crippen LogP contribution in [0.15, 0.2) is 30.7 Å². The van der Waals surface area contributed by atoms with Crippen LogP contribution in [0, 0.1) is 5.92 Å². The van der Waals surface area contributed by atoms with E-state index >= 15 is 0 Å². The average Bonchev–Trinajstić information content (AvgIpc) is 3.10. The van der Waals surface area contributed by atoms with Gasteiger partial charge in [-0.1, -0.05) is 0 Å². The number of H-pyrrole nitrogens is 1. The van der Waals surface area contributed by atoms with Gasteiger partial charge >= 0.3 is 0 Å². The molecule has 0 spiro atoms. The van der Waals surface area contributed by atoms with Gasteiger partial charge in [-0.3, -0.25) is 0 Å². The van der Waals surface area contributed by atoms with Gasteiger partial charge in [0.15, 0.2) is 0 Å². The van der Waals surface area contributed by atoms with Crippen LogP contribution in [0.4, 0.5) is 17.5 Å². The molecule has 2 aromatic rings. The van der Waals surface area contributed by atoms with Crippen LogP contribution in [0.3, 0.4) is 0 Å². The quantitative estimate of drug-likeness (QED) is 0.655. The Hall–Kier alpha value is -2.08. The van der Waals surface area contributed by atoms with Gasteiger partial charge in [-0.05, 0) is 37.6 Å². The molecule has 1 saturated heterocycles. The number of hydrogen-bond donors (Lipinski definition) is 4. The highest BCUT2D eigenvalue weighted by molar-refractivity contribution is 5.55. The predicted octanol–water partition coefficient (Wildman–Crippen LogP) is 1.57. The normalized spacial score (nSPS) is 18.4. The van der Waals surface area contributed by atoms with E-state index in [1.165, 1.54) is 6.42 Å². The lowest BCUT2D eigenvalue weighted by Gasteiger charge is -2.11. The highest BCUT2D eigenvalue weighted by atomic mass is 15.1. The van der Waals surface area contributed by atoms with E-state index in [1.807, 2.05) is 24.4 Å². The Bertz CT molecular complexity index is 504. The number of rotatable bonds is 5. The summed E-state index contributed by atoms with van der Waals surface area (Å²) in [5.41, 5.74) is 0. The molecule has 2 aromatic heterocycles. The van der Waals surface area contributed by atoms with Crippen LogP contribution in [-0.2, 0) is 0 Å². The summed E-state index contributed by atoms with van der Waals surface area (Å²) in [6.07, 6.45) is 4.67. The molecule has 1 unspecified atom stereocenters. The molecule has 6 heteroatoms. The monoisotopic (exact) mass is 258 g/mol. The maximum absolute atomic E-state index is 4.24. The zero-order chi connectivity index (χ0) is 12.9. The molecular weight excluding hydrogens is 240 g/mol. The van der Waals surface area contributed by atoms with Crippen LogP contribution < -0.4 is 16.0 Å². The number of anilines is 3. The highest BCUT2D eigenvalue weighted by Gasteiger charge is 2.13. The smallest absolute Gasteiger partial charge is 0.136 e. The highest BCUT2D eigenvalue weighted by Crippen LogP contribution is 2.15. The molecule has 0 aliphatic carbocycles. The summed E-state index contributed by atoms with van der Waals surface area (Å²) in [5.74, 6) is 3.25. The van der Waals surface area contributed by atoms with Crippen molar-refractivity contribution < 1.29 is 0 Å². The number of aromatic nitrogens is 3. The Balaban J connectivity index is 1.59. The minimum atomic E-state index is 0.690. The fraction of sp³-hybridized carbons (Fsp3) is 0.385. The SMILES string of the molecule is c1c[nH]c(Nc2cc(NCC3CCNC3)ncn2)c1. The summed E-state index contributed by atoms with van der Waals surface area (Å²) in [7, 11) is 0. The Morgan fingerprint density at radius 1 is 1.32 bits per heavy atom. The molecule has 1 atom stereocenters. The third-order valence-corrected chi connectivity index (χ3v) is 3.26. The lowest BCUT2D eigenvalue weighted by molar-refractivity contribution is 0.614. The molecule has 19 heavy (non-hydrogen) atoms. The molecule has 0 aromatic carbocycles. The van der Waals surface area contributed by atoms with Gasteiger partial charge < -0.3 is 20.9 Å². The second kappa shape index (κ2) is 5.71. The van der Waals surface area contributed by atoms with E-state index in [1.54, 1.807) is 6.33 Å². The van der Waals surface area contributed by atoms with Gasteiger partial charge in [0.25, 0.3) is 0 Å². The summed E-state index contributed by atoms with van der Waals surface area (Å²) in [6, 6.07) is 5.82. The average molecular weight is 258 g/mol. The summed E-state index contributed by atoms with van der Waals surface area (Å²) >= 11 is 0. The molecular formula is C13H18N6.